The standard InChI is InChI=1S/C23H34O2.C22H32O2.C4H8O/c1-8-24-15-25-22-17(4)12-19-13-18(11-16(2)3)9-10-20(19)21(22)14-23(5,6)7;1-7-23-15-24-21-11-9-18-13-17(12-16(2)3)8-10-19(18)20(21)14-22(4,5)6;1-2-4-5-3-1/h9-10,12-13,16H,8,11,14-15H2,1-7H3;8-11,13,16H,7,12,14-15H2,1-6H3;1-4H2. The molecule has 0 unspecified atom stereocenters. The molecule has 5 nitrogen and oxygen atoms in total. The molecule has 4 aromatic rings. The predicted molar refractivity (Wildman–Crippen MR) is 230 cm³/mol. The van der Waals surface area contributed by atoms with Crippen LogP contribution in [0.3, 0.4) is 0 Å². The van der Waals surface area contributed by atoms with Gasteiger partial charge in [0.2, 0.25) is 0 Å². The molecule has 0 bridgehead atoms. The molecule has 5 rings (SSSR count). The average Bonchev–Trinajstić information content (AvgIpc) is 3.66. The Hall–Kier alpha value is -3.12. The zero-order valence-corrected chi connectivity index (χ0v) is 36.4. The average molecular weight is 743 g/mol. The minimum Gasteiger partial charge on any atom is -0.467 e. The second-order valence-corrected chi connectivity index (χ2v) is 18.2. The summed E-state index contributed by atoms with van der Waals surface area (Å²) in [6.45, 7) is 32.8. The van der Waals surface area contributed by atoms with Crippen LogP contribution in [0.5, 0.6) is 11.5 Å². The smallest absolute Gasteiger partial charge is 0.189 e. The zero-order chi connectivity index (χ0) is 39.9. The molecule has 0 radical (unpaired) electrons. The first-order chi connectivity index (χ1) is 25.5. The summed E-state index contributed by atoms with van der Waals surface area (Å²) >= 11 is 0. The molecule has 1 aliphatic rings. The first-order valence-electron chi connectivity index (χ1n) is 20.6. The Morgan fingerprint density at radius 2 is 1.11 bits per heavy atom. The lowest BCUT2D eigenvalue weighted by Gasteiger charge is -2.24. The van der Waals surface area contributed by atoms with Crippen LogP contribution in [0.1, 0.15) is 124 Å². The first-order valence-corrected chi connectivity index (χ1v) is 20.6. The van der Waals surface area contributed by atoms with Gasteiger partial charge in [0.05, 0.1) is 0 Å². The van der Waals surface area contributed by atoms with Gasteiger partial charge in [-0.05, 0) is 132 Å². The van der Waals surface area contributed by atoms with Gasteiger partial charge in [0.1, 0.15) is 11.5 Å². The summed E-state index contributed by atoms with van der Waals surface area (Å²) in [6.07, 6.45) is 6.75. The van der Waals surface area contributed by atoms with Crippen molar-refractivity contribution in [3.8, 4) is 11.5 Å². The molecule has 5 heteroatoms. The van der Waals surface area contributed by atoms with Crippen LogP contribution in [-0.2, 0) is 39.9 Å². The molecular formula is C49H74O5. The van der Waals surface area contributed by atoms with E-state index in [1.165, 1.54) is 62.2 Å². The number of rotatable bonds is 14. The number of hydrogen-bond acceptors (Lipinski definition) is 5. The lowest BCUT2D eigenvalue weighted by atomic mass is 9.84. The van der Waals surface area contributed by atoms with E-state index in [2.05, 4.69) is 131 Å². The molecule has 0 aromatic heterocycles. The van der Waals surface area contributed by atoms with Crippen LogP contribution in [0.25, 0.3) is 21.5 Å². The Bertz CT molecular complexity index is 1690. The number of fused-ring (bicyclic) bond motifs is 2. The fraction of sp³-hybridized carbons (Fsp3) is 0.592. The van der Waals surface area contributed by atoms with Gasteiger partial charge in [0.25, 0.3) is 0 Å². The van der Waals surface area contributed by atoms with Gasteiger partial charge in [0.15, 0.2) is 13.6 Å². The number of benzene rings is 4. The van der Waals surface area contributed by atoms with E-state index in [4.69, 9.17) is 23.7 Å². The van der Waals surface area contributed by atoms with Crippen LogP contribution in [0.15, 0.2) is 54.6 Å². The third-order valence-corrected chi connectivity index (χ3v) is 9.12. The van der Waals surface area contributed by atoms with Crippen LogP contribution >= 0.6 is 0 Å². The van der Waals surface area contributed by atoms with Crippen molar-refractivity contribution in [2.45, 2.75) is 129 Å². The highest BCUT2D eigenvalue weighted by Crippen LogP contribution is 2.38. The molecular weight excluding hydrogens is 669 g/mol. The van der Waals surface area contributed by atoms with Crippen LogP contribution in [0.4, 0.5) is 0 Å². The Balaban J connectivity index is 0.000000256. The van der Waals surface area contributed by atoms with Crippen molar-refractivity contribution in [3.05, 3.63) is 82.4 Å². The van der Waals surface area contributed by atoms with E-state index in [-0.39, 0.29) is 10.8 Å². The summed E-state index contributed by atoms with van der Waals surface area (Å²) in [5, 5.41) is 5.22. The lowest BCUT2D eigenvalue weighted by molar-refractivity contribution is 0.0212. The fourth-order valence-corrected chi connectivity index (χ4v) is 6.92. The maximum atomic E-state index is 6.03. The molecule has 0 amide bonds. The van der Waals surface area contributed by atoms with Crippen LogP contribution in [0, 0.1) is 29.6 Å². The normalized spacial score (nSPS) is 13.2. The summed E-state index contributed by atoms with van der Waals surface area (Å²) in [5.41, 5.74) is 6.99. The summed E-state index contributed by atoms with van der Waals surface area (Å²) in [7, 11) is 0. The van der Waals surface area contributed by atoms with Gasteiger partial charge >= 0.3 is 0 Å². The van der Waals surface area contributed by atoms with Gasteiger partial charge < -0.3 is 23.7 Å². The molecule has 1 saturated heterocycles. The molecule has 1 aliphatic heterocycles. The number of hydrogen-bond donors (Lipinski definition) is 0. The van der Waals surface area contributed by atoms with Crippen molar-refractivity contribution >= 4 is 21.5 Å². The Labute approximate surface area is 329 Å². The van der Waals surface area contributed by atoms with E-state index in [0.29, 0.717) is 38.6 Å². The molecule has 300 valence electrons. The van der Waals surface area contributed by atoms with Crippen LogP contribution < -0.4 is 9.47 Å². The minimum atomic E-state index is 0.195. The zero-order valence-electron chi connectivity index (χ0n) is 36.4. The quantitative estimate of drug-likeness (QED) is 0.0951. The SMILES string of the molecule is C1CCOC1.CCOCOc1c(C)cc2cc(CC(C)C)ccc2c1CC(C)(C)C.CCOCOc1ccc2cc(CC(C)C)ccc2c1CC(C)(C)C. The molecule has 0 N–H and O–H groups in total. The van der Waals surface area contributed by atoms with Gasteiger partial charge in [-0.15, -0.1) is 0 Å². The van der Waals surface area contributed by atoms with Gasteiger partial charge in [-0.1, -0.05) is 112 Å². The Morgan fingerprint density at radius 3 is 1.59 bits per heavy atom. The van der Waals surface area contributed by atoms with Gasteiger partial charge in [-0.25, -0.2) is 0 Å². The van der Waals surface area contributed by atoms with Crippen molar-refractivity contribution in [1.29, 1.82) is 0 Å². The van der Waals surface area contributed by atoms with Crippen molar-refractivity contribution in [1.82, 2.24) is 0 Å². The number of aryl methyl sites for hydroxylation is 1. The van der Waals surface area contributed by atoms with Crippen molar-refractivity contribution in [3.63, 3.8) is 0 Å². The maximum absolute atomic E-state index is 6.03. The Kier molecular flexibility index (Phi) is 18.3. The van der Waals surface area contributed by atoms with E-state index >= 15 is 0 Å². The molecule has 0 saturated carbocycles. The van der Waals surface area contributed by atoms with Crippen LogP contribution in [0.2, 0.25) is 0 Å². The third kappa shape index (κ3) is 15.6. The summed E-state index contributed by atoms with van der Waals surface area (Å²) in [5.74, 6) is 3.28. The monoisotopic (exact) mass is 743 g/mol. The molecule has 0 aliphatic carbocycles. The van der Waals surface area contributed by atoms with E-state index in [1.807, 2.05) is 13.8 Å². The van der Waals surface area contributed by atoms with Crippen LogP contribution in [-0.4, -0.2) is 40.0 Å². The highest BCUT2D eigenvalue weighted by atomic mass is 16.7. The second-order valence-electron chi connectivity index (χ2n) is 18.2. The predicted octanol–water partition coefficient (Wildman–Crippen LogP) is 13.1. The molecule has 4 aromatic carbocycles. The van der Waals surface area contributed by atoms with E-state index in [1.54, 1.807) is 0 Å². The highest BCUT2D eigenvalue weighted by molar-refractivity contribution is 5.90. The first kappa shape index (κ1) is 45.3. The molecule has 1 heterocycles. The van der Waals surface area contributed by atoms with Gasteiger partial charge in [-0.2, -0.15) is 0 Å². The van der Waals surface area contributed by atoms with Gasteiger partial charge in [0, 0.05) is 37.6 Å². The van der Waals surface area contributed by atoms with Crippen molar-refractivity contribution in [2.75, 3.05) is 40.0 Å². The molecule has 1 fully saturated rings. The fourth-order valence-electron chi connectivity index (χ4n) is 6.92. The third-order valence-electron chi connectivity index (χ3n) is 9.12. The largest absolute Gasteiger partial charge is 0.467 e. The molecule has 54 heavy (non-hydrogen) atoms. The topological polar surface area (TPSA) is 46.2 Å². The maximum Gasteiger partial charge on any atom is 0.189 e. The van der Waals surface area contributed by atoms with E-state index in [0.717, 1.165) is 50.4 Å². The van der Waals surface area contributed by atoms with Crippen molar-refractivity contribution in [2.24, 2.45) is 22.7 Å². The minimum absolute atomic E-state index is 0.195. The van der Waals surface area contributed by atoms with E-state index in [9.17, 15) is 0 Å². The van der Waals surface area contributed by atoms with Crippen molar-refractivity contribution < 1.29 is 23.7 Å². The molecule has 0 atom stereocenters. The summed E-state index contributed by atoms with van der Waals surface area (Å²) in [4.78, 5) is 0. The lowest BCUT2D eigenvalue weighted by Crippen LogP contribution is -2.13. The van der Waals surface area contributed by atoms with E-state index < -0.39 is 0 Å². The van der Waals surface area contributed by atoms with Gasteiger partial charge in [-0.3, -0.25) is 0 Å². The number of ether oxygens (including phenoxy) is 5. The second kappa shape index (κ2) is 21.8. The Morgan fingerprint density at radius 1 is 0.611 bits per heavy atom. The summed E-state index contributed by atoms with van der Waals surface area (Å²) < 4.78 is 27.7. The molecule has 0 spiro atoms. The summed E-state index contributed by atoms with van der Waals surface area (Å²) in [6, 6.07) is 20.3. The highest BCUT2D eigenvalue weighted by Gasteiger charge is 2.21.